The minimum absolute atomic E-state index is 0.0707. The Labute approximate surface area is 119 Å². The molecular formula is C13H14N2O6. The van der Waals surface area contributed by atoms with Gasteiger partial charge < -0.3 is 24.4 Å². The monoisotopic (exact) mass is 294 g/mol. The molecule has 2 aliphatic rings. The molecule has 3 rings (SSSR count). The number of pyridine rings is 1. The summed E-state index contributed by atoms with van der Waals surface area (Å²) in [6.45, 7) is 2.55. The Morgan fingerprint density at radius 2 is 2.14 bits per heavy atom. The Bertz CT molecular complexity index is 695. The first-order valence-corrected chi connectivity index (χ1v) is 6.55. The molecule has 0 saturated carbocycles. The van der Waals surface area contributed by atoms with Crippen molar-refractivity contribution in [1.82, 2.24) is 9.47 Å². The molecule has 0 aliphatic carbocycles. The van der Waals surface area contributed by atoms with Gasteiger partial charge in [0.2, 0.25) is 5.43 Å². The molecule has 8 nitrogen and oxygen atoms in total. The molecule has 112 valence electrons. The van der Waals surface area contributed by atoms with Crippen LogP contribution in [0, 0.1) is 0 Å². The van der Waals surface area contributed by atoms with Crippen LogP contribution in [0.3, 0.4) is 0 Å². The average molecular weight is 294 g/mol. The van der Waals surface area contributed by atoms with Crippen LogP contribution < -0.4 is 5.43 Å². The third kappa shape index (κ3) is 1.90. The zero-order valence-corrected chi connectivity index (χ0v) is 11.3. The van der Waals surface area contributed by atoms with Gasteiger partial charge in [0.1, 0.15) is 5.56 Å². The minimum Gasteiger partial charge on any atom is -0.503 e. The highest BCUT2D eigenvalue weighted by Gasteiger charge is 2.40. The van der Waals surface area contributed by atoms with Gasteiger partial charge >= 0.3 is 5.97 Å². The fourth-order valence-corrected chi connectivity index (χ4v) is 2.81. The highest BCUT2D eigenvalue weighted by molar-refractivity contribution is 5.97. The van der Waals surface area contributed by atoms with Crippen LogP contribution in [0.1, 0.15) is 34.2 Å². The van der Waals surface area contributed by atoms with Crippen molar-refractivity contribution in [3.8, 4) is 5.75 Å². The molecule has 0 spiro atoms. The maximum Gasteiger partial charge on any atom is 0.341 e. The van der Waals surface area contributed by atoms with Gasteiger partial charge in [0.25, 0.3) is 5.91 Å². The van der Waals surface area contributed by atoms with Crippen molar-refractivity contribution in [2.75, 3.05) is 6.61 Å². The minimum atomic E-state index is -1.45. The first-order chi connectivity index (χ1) is 9.91. The second kappa shape index (κ2) is 4.59. The van der Waals surface area contributed by atoms with Gasteiger partial charge in [-0.3, -0.25) is 9.59 Å². The van der Waals surface area contributed by atoms with Crippen LogP contribution in [-0.4, -0.2) is 50.4 Å². The third-order valence-electron chi connectivity index (χ3n) is 3.91. The predicted molar refractivity (Wildman–Crippen MR) is 69.3 cm³/mol. The summed E-state index contributed by atoms with van der Waals surface area (Å²) in [4.78, 5) is 36.8. The fraction of sp³-hybridized carbons (Fsp3) is 0.462. The highest BCUT2D eigenvalue weighted by Crippen LogP contribution is 2.29. The van der Waals surface area contributed by atoms with Crippen molar-refractivity contribution < 1.29 is 24.5 Å². The van der Waals surface area contributed by atoms with Gasteiger partial charge in [-0.05, 0) is 13.3 Å². The van der Waals surface area contributed by atoms with Crippen LogP contribution in [0.25, 0.3) is 0 Å². The van der Waals surface area contributed by atoms with Crippen molar-refractivity contribution in [3.05, 3.63) is 27.7 Å². The van der Waals surface area contributed by atoms with E-state index in [0.29, 0.717) is 13.0 Å². The second-order valence-electron chi connectivity index (χ2n) is 5.20. The topological polar surface area (TPSA) is 109 Å². The summed E-state index contributed by atoms with van der Waals surface area (Å²) in [7, 11) is 0. The molecule has 1 aromatic rings. The van der Waals surface area contributed by atoms with E-state index in [1.54, 1.807) is 0 Å². The Balaban J connectivity index is 2.18. The number of carboxylic acids is 1. The molecule has 2 atom stereocenters. The number of hydrogen-bond acceptors (Lipinski definition) is 5. The zero-order valence-electron chi connectivity index (χ0n) is 11.3. The van der Waals surface area contributed by atoms with E-state index in [-0.39, 0.29) is 18.3 Å². The van der Waals surface area contributed by atoms with Crippen LogP contribution >= 0.6 is 0 Å². The van der Waals surface area contributed by atoms with E-state index in [4.69, 9.17) is 9.84 Å². The lowest BCUT2D eigenvalue weighted by Gasteiger charge is -2.44. The predicted octanol–water partition coefficient (Wildman–Crippen LogP) is -0.157. The number of carbonyl (C=O) groups excluding carboxylic acids is 1. The number of hydrogen-bond donors (Lipinski definition) is 2. The number of aromatic nitrogens is 1. The van der Waals surface area contributed by atoms with Crippen molar-refractivity contribution in [2.45, 2.75) is 32.2 Å². The lowest BCUT2D eigenvalue weighted by Crippen LogP contribution is -2.57. The van der Waals surface area contributed by atoms with E-state index in [2.05, 4.69) is 0 Å². The molecule has 2 aliphatic heterocycles. The lowest BCUT2D eigenvalue weighted by atomic mass is 10.1. The van der Waals surface area contributed by atoms with Crippen LogP contribution in [-0.2, 0) is 11.3 Å². The summed E-state index contributed by atoms with van der Waals surface area (Å²) in [5.41, 5.74) is -1.80. The number of amides is 1. The average Bonchev–Trinajstić information content (AvgIpc) is 2.42. The van der Waals surface area contributed by atoms with Gasteiger partial charge in [0, 0.05) is 12.2 Å². The molecule has 1 unspecified atom stereocenters. The van der Waals surface area contributed by atoms with Crippen molar-refractivity contribution in [2.24, 2.45) is 0 Å². The largest absolute Gasteiger partial charge is 0.503 e. The van der Waals surface area contributed by atoms with E-state index in [1.807, 2.05) is 6.92 Å². The number of carboxylic acid groups (broad SMARTS) is 1. The Morgan fingerprint density at radius 3 is 2.81 bits per heavy atom. The number of ether oxygens (including phenoxy) is 1. The number of nitrogens with zero attached hydrogens (tertiary/aromatic N) is 2. The smallest absolute Gasteiger partial charge is 0.341 e. The Kier molecular flexibility index (Phi) is 2.98. The molecule has 0 radical (unpaired) electrons. The second-order valence-corrected chi connectivity index (χ2v) is 5.20. The summed E-state index contributed by atoms with van der Waals surface area (Å²) in [5, 5.41) is 18.9. The first kappa shape index (κ1) is 13.6. The van der Waals surface area contributed by atoms with E-state index < -0.39 is 34.8 Å². The molecule has 3 heterocycles. The van der Waals surface area contributed by atoms with Crippen molar-refractivity contribution in [3.63, 3.8) is 0 Å². The van der Waals surface area contributed by atoms with Gasteiger partial charge in [-0.2, -0.15) is 0 Å². The fourth-order valence-electron chi connectivity index (χ4n) is 2.81. The Hall–Kier alpha value is -2.35. The Morgan fingerprint density at radius 1 is 1.43 bits per heavy atom. The summed E-state index contributed by atoms with van der Waals surface area (Å²) >= 11 is 0. The van der Waals surface area contributed by atoms with Crippen LogP contribution in [0.15, 0.2) is 11.0 Å². The molecule has 1 saturated heterocycles. The first-order valence-electron chi connectivity index (χ1n) is 6.55. The molecule has 0 bridgehead atoms. The van der Waals surface area contributed by atoms with E-state index >= 15 is 0 Å². The van der Waals surface area contributed by atoms with Gasteiger partial charge in [-0.25, -0.2) is 4.79 Å². The molecule has 8 heteroatoms. The number of carbonyl (C=O) groups is 2. The number of rotatable bonds is 1. The van der Waals surface area contributed by atoms with Crippen LogP contribution in [0.4, 0.5) is 0 Å². The van der Waals surface area contributed by atoms with Crippen LogP contribution in [0.5, 0.6) is 5.75 Å². The van der Waals surface area contributed by atoms with Crippen molar-refractivity contribution >= 4 is 11.9 Å². The molecule has 21 heavy (non-hydrogen) atoms. The molecule has 1 aromatic heterocycles. The molecule has 2 N–H and O–H groups in total. The number of aromatic carboxylic acids is 1. The summed E-state index contributed by atoms with van der Waals surface area (Å²) < 4.78 is 6.81. The molecule has 0 aromatic carbocycles. The van der Waals surface area contributed by atoms with E-state index in [1.165, 1.54) is 9.47 Å². The third-order valence-corrected chi connectivity index (χ3v) is 3.91. The molecule has 1 fully saturated rings. The molecular weight excluding hydrogens is 280 g/mol. The number of aromatic hydroxyl groups is 1. The quantitative estimate of drug-likeness (QED) is 0.745. The van der Waals surface area contributed by atoms with Crippen molar-refractivity contribution in [1.29, 1.82) is 0 Å². The SMILES string of the molecule is CC1CCO[C@@H]2Cn3cc(C(=O)O)c(=O)c(O)c3C(=O)N12. The van der Waals surface area contributed by atoms with Gasteiger partial charge in [-0.1, -0.05) is 0 Å². The van der Waals surface area contributed by atoms with Crippen LogP contribution in [0.2, 0.25) is 0 Å². The lowest BCUT2D eigenvalue weighted by molar-refractivity contribution is -0.112. The van der Waals surface area contributed by atoms with Gasteiger partial charge in [-0.15, -0.1) is 0 Å². The van der Waals surface area contributed by atoms with E-state index in [9.17, 15) is 19.5 Å². The van der Waals surface area contributed by atoms with E-state index in [0.717, 1.165) is 6.20 Å². The maximum atomic E-state index is 12.5. The van der Waals surface area contributed by atoms with Gasteiger partial charge in [0.15, 0.2) is 17.7 Å². The van der Waals surface area contributed by atoms with Gasteiger partial charge in [0.05, 0.1) is 13.2 Å². The zero-order chi connectivity index (χ0) is 15.3. The standard InChI is InChI=1S/C13H14N2O6/c1-6-2-3-21-8-5-14-4-7(13(19)20)10(16)11(17)9(14)12(18)15(6)8/h4,6,8,17H,2-3,5H2,1H3,(H,19,20)/t6?,8-/m1/s1. The summed E-state index contributed by atoms with van der Waals surface area (Å²) in [6, 6.07) is -0.0707. The number of fused-ring (bicyclic) bond motifs is 2. The highest BCUT2D eigenvalue weighted by atomic mass is 16.5. The maximum absolute atomic E-state index is 12.5. The normalized spacial score (nSPS) is 24.4. The molecule has 1 amide bonds. The summed E-state index contributed by atoms with van der Waals surface area (Å²) in [5.74, 6) is -2.79. The summed E-state index contributed by atoms with van der Waals surface area (Å²) in [6.07, 6.45) is 1.23.